The quantitative estimate of drug-likeness (QED) is 0.790. The number of aliphatic hydroxyl groups excluding tert-OH is 1. The van der Waals surface area contributed by atoms with Crippen molar-refractivity contribution in [1.82, 2.24) is 0 Å². The molecule has 1 aromatic rings. The van der Waals surface area contributed by atoms with Gasteiger partial charge < -0.3 is 5.11 Å². The Labute approximate surface area is 84.8 Å². The van der Waals surface area contributed by atoms with Gasteiger partial charge in [-0.1, -0.05) is 38.1 Å². The molecule has 0 aliphatic rings. The first-order chi connectivity index (χ1) is 6.60. The summed E-state index contributed by atoms with van der Waals surface area (Å²) in [4.78, 5) is 0. The van der Waals surface area contributed by atoms with Gasteiger partial charge in [0.05, 0.1) is 19.1 Å². The van der Waals surface area contributed by atoms with Crippen LogP contribution in [0, 0.1) is 11.3 Å². The molecule has 0 radical (unpaired) electrons. The lowest BCUT2D eigenvalue weighted by Crippen LogP contribution is -2.21. The van der Waals surface area contributed by atoms with Crippen molar-refractivity contribution in [2.45, 2.75) is 25.7 Å². The number of benzene rings is 1. The van der Waals surface area contributed by atoms with E-state index in [4.69, 9.17) is 10.4 Å². The Morgan fingerprint density at radius 2 is 1.86 bits per heavy atom. The molecule has 0 fully saturated rings. The molecule has 0 heterocycles. The van der Waals surface area contributed by atoms with E-state index in [1.807, 2.05) is 38.1 Å². The lowest BCUT2D eigenvalue weighted by molar-refractivity contribution is 0.218. The minimum absolute atomic E-state index is 0.130. The summed E-state index contributed by atoms with van der Waals surface area (Å²) >= 11 is 0. The highest BCUT2D eigenvalue weighted by molar-refractivity contribution is 5.29. The highest BCUT2D eigenvalue weighted by atomic mass is 16.3. The summed E-state index contributed by atoms with van der Waals surface area (Å²) in [7, 11) is 0. The second-order valence-electron chi connectivity index (χ2n) is 4.07. The van der Waals surface area contributed by atoms with Crippen molar-refractivity contribution in [3.8, 4) is 6.07 Å². The van der Waals surface area contributed by atoms with Gasteiger partial charge in [0, 0.05) is 5.41 Å². The molecule has 2 nitrogen and oxygen atoms in total. The number of hydrogen-bond donors (Lipinski definition) is 1. The van der Waals surface area contributed by atoms with Crippen LogP contribution in [0.2, 0.25) is 0 Å². The molecule has 0 atom stereocenters. The molecular weight excluding hydrogens is 174 g/mol. The van der Waals surface area contributed by atoms with Crippen LogP contribution in [0.4, 0.5) is 0 Å². The van der Waals surface area contributed by atoms with Crippen molar-refractivity contribution in [3.05, 3.63) is 35.4 Å². The van der Waals surface area contributed by atoms with E-state index in [2.05, 4.69) is 6.07 Å². The van der Waals surface area contributed by atoms with Crippen molar-refractivity contribution < 1.29 is 5.11 Å². The van der Waals surface area contributed by atoms with Gasteiger partial charge in [-0.25, -0.2) is 0 Å². The average molecular weight is 189 g/mol. The molecule has 0 unspecified atom stereocenters. The molecule has 0 bridgehead atoms. The smallest absolute Gasteiger partial charge is 0.0669 e. The van der Waals surface area contributed by atoms with E-state index in [0.717, 1.165) is 11.1 Å². The first kappa shape index (κ1) is 10.7. The maximum atomic E-state index is 9.17. The second-order valence-corrected chi connectivity index (χ2v) is 4.07. The normalized spacial score (nSPS) is 11.0. The molecule has 2 heteroatoms. The molecule has 14 heavy (non-hydrogen) atoms. The van der Waals surface area contributed by atoms with Crippen molar-refractivity contribution in [1.29, 1.82) is 5.26 Å². The first-order valence-electron chi connectivity index (χ1n) is 4.67. The molecule has 0 saturated heterocycles. The average Bonchev–Trinajstić information content (AvgIpc) is 2.19. The molecule has 1 rings (SSSR count). The van der Waals surface area contributed by atoms with Crippen LogP contribution in [0.3, 0.4) is 0 Å². The van der Waals surface area contributed by atoms with Gasteiger partial charge >= 0.3 is 0 Å². The Morgan fingerprint density at radius 1 is 1.29 bits per heavy atom. The minimum atomic E-state index is -0.203. The molecule has 0 aromatic heterocycles. The molecule has 0 spiro atoms. The fourth-order valence-corrected chi connectivity index (χ4v) is 1.26. The molecule has 0 saturated carbocycles. The Morgan fingerprint density at radius 3 is 2.29 bits per heavy atom. The van der Waals surface area contributed by atoms with Gasteiger partial charge in [-0.05, 0) is 11.1 Å². The summed E-state index contributed by atoms with van der Waals surface area (Å²) < 4.78 is 0. The Bertz CT molecular complexity index is 332. The molecular formula is C12H15NO. The van der Waals surface area contributed by atoms with Gasteiger partial charge in [-0.3, -0.25) is 0 Å². The van der Waals surface area contributed by atoms with Crippen LogP contribution in [0.5, 0.6) is 0 Å². The van der Waals surface area contributed by atoms with Crippen molar-refractivity contribution >= 4 is 0 Å². The van der Waals surface area contributed by atoms with E-state index in [0.29, 0.717) is 6.42 Å². The summed E-state index contributed by atoms with van der Waals surface area (Å²) in [6.07, 6.45) is 0.444. The van der Waals surface area contributed by atoms with Crippen molar-refractivity contribution in [3.63, 3.8) is 0 Å². The molecule has 1 aromatic carbocycles. The predicted molar refractivity (Wildman–Crippen MR) is 55.9 cm³/mol. The molecule has 1 N–H and O–H groups in total. The van der Waals surface area contributed by atoms with Gasteiger partial charge in [0.1, 0.15) is 0 Å². The predicted octanol–water partition coefficient (Wildman–Crippen LogP) is 2.02. The molecule has 74 valence electrons. The highest BCUT2D eigenvalue weighted by Gasteiger charge is 2.18. The van der Waals surface area contributed by atoms with E-state index in [1.165, 1.54) is 0 Å². The van der Waals surface area contributed by atoms with E-state index in [-0.39, 0.29) is 12.0 Å². The number of hydrogen-bond acceptors (Lipinski definition) is 2. The van der Waals surface area contributed by atoms with Crippen LogP contribution in [-0.4, -0.2) is 11.7 Å². The second kappa shape index (κ2) is 4.26. The number of rotatable bonds is 3. The van der Waals surface area contributed by atoms with Gasteiger partial charge in [0.25, 0.3) is 0 Å². The lowest BCUT2D eigenvalue weighted by Gasteiger charge is -2.22. The fourth-order valence-electron chi connectivity index (χ4n) is 1.26. The number of nitrogens with zero attached hydrogens (tertiary/aromatic N) is 1. The topological polar surface area (TPSA) is 44.0 Å². The first-order valence-corrected chi connectivity index (χ1v) is 4.67. The zero-order valence-corrected chi connectivity index (χ0v) is 8.62. The largest absolute Gasteiger partial charge is 0.395 e. The summed E-state index contributed by atoms with van der Waals surface area (Å²) in [5.74, 6) is 0. The number of nitriles is 1. The summed E-state index contributed by atoms with van der Waals surface area (Å²) in [6, 6.07) is 9.94. The Kier molecular flexibility index (Phi) is 3.27. The zero-order chi connectivity index (χ0) is 10.6. The number of aliphatic hydroxyl groups is 1. The van der Waals surface area contributed by atoms with E-state index in [9.17, 15) is 0 Å². The third kappa shape index (κ3) is 2.34. The standard InChI is InChI=1S/C12H15NO/c1-12(2,9-14)11-5-3-10(4-6-11)7-8-13/h3-6,14H,7,9H2,1-2H3. The van der Waals surface area contributed by atoms with Crippen LogP contribution in [-0.2, 0) is 11.8 Å². The van der Waals surface area contributed by atoms with Gasteiger partial charge in [-0.15, -0.1) is 0 Å². The molecule has 0 amide bonds. The van der Waals surface area contributed by atoms with Crippen LogP contribution >= 0.6 is 0 Å². The van der Waals surface area contributed by atoms with Crippen molar-refractivity contribution in [2.24, 2.45) is 0 Å². The van der Waals surface area contributed by atoms with Gasteiger partial charge in [0.15, 0.2) is 0 Å². The maximum absolute atomic E-state index is 9.17. The van der Waals surface area contributed by atoms with Crippen molar-refractivity contribution in [2.75, 3.05) is 6.61 Å². The molecule has 0 aliphatic heterocycles. The zero-order valence-electron chi connectivity index (χ0n) is 8.62. The summed E-state index contributed by atoms with van der Waals surface area (Å²) in [5, 5.41) is 17.7. The van der Waals surface area contributed by atoms with Crippen LogP contribution in [0.15, 0.2) is 24.3 Å². The van der Waals surface area contributed by atoms with Crippen LogP contribution in [0.25, 0.3) is 0 Å². The molecule has 0 aliphatic carbocycles. The van der Waals surface area contributed by atoms with E-state index >= 15 is 0 Å². The monoisotopic (exact) mass is 189 g/mol. The van der Waals surface area contributed by atoms with Gasteiger partial charge in [-0.2, -0.15) is 5.26 Å². The Hall–Kier alpha value is -1.33. The fraction of sp³-hybridized carbons (Fsp3) is 0.417. The summed E-state index contributed by atoms with van der Waals surface area (Å²) in [6.45, 7) is 4.11. The summed E-state index contributed by atoms with van der Waals surface area (Å²) in [5.41, 5.74) is 1.91. The van der Waals surface area contributed by atoms with E-state index in [1.54, 1.807) is 0 Å². The third-order valence-corrected chi connectivity index (χ3v) is 2.41. The third-order valence-electron chi connectivity index (χ3n) is 2.41. The van der Waals surface area contributed by atoms with Crippen LogP contribution < -0.4 is 0 Å². The van der Waals surface area contributed by atoms with Gasteiger partial charge in [0.2, 0.25) is 0 Å². The highest BCUT2D eigenvalue weighted by Crippen LogP contribution is 2.22. The Balaban J connectivity index is 2.89. The van der Waals surface area contributed by atoms with Crippen LogP contribution in [0.1, 0.15) is 25.0 Å². The SMILES string of the molecule is CC(C)(CO)c1ccc(CC#N)cc1. The van der Waals surface area contributed by atoms with E-state index < -0.39 is 0 Å². The lowest BCUT2D eigenvalue weighted by atomic mass is 9.85. The maximum Gasteiger partial charge on any atom is 0.0669 e. The minimum Gasteiger partial charge on any atom is -0.395 e.